The molecule has 0 aliphatic carbocycles. The SMILES string of the molecule is CNS(=O)(=O)c1ccc(C(=O)N2CCC(CCN3CC4CN(C(=O)c5c(C)ncnc5C)CC4C3)(c3ccccc3)CC2)cc1. The van der Waals surface area contributed by atoms with Crippen LogP contribution in [0.25, 0.3) is 0 Å². The molecule has 4 heterocycles. The number of nitrogens with one attached hydrogen (secondary N) is 1. The first-order chi connectivity index (χ1) is 21.6. The molecular formula is C34H42N6O4S. The second-order valence-electron chi connectivity index (χ2n) is 12.8. The first-order valence-electron chi connectivity index (χ1n) is 15.8. The maximum absolute atomic E-state index is 13.4. The van der Waals surface area contributed by atoms with Crippen molar-refractivity contribution in [3.63, 3.8) is 0 Å². The summed E-state index contributed by atoms with van der Waals surface area (Å²) in [7, 11) is -2.18. The smallest absolute Gasteiger partial charge is 0.257 e. The van der Waals surface area contributed by atoms with Crippen LogP contribution in [0.4, 0.5) is 0 Å². The summed E-state index contributed by atoms with van der Waals surface area (Å²) in [5, 5.41) is 0. The summed E-state index contributed by atoms with van der Waals surface area (Å²) in [4.78, 5) is 41.8. The molecule has 3 fully saturated rings. The van der Waals surface area contributed by atoms with Crippen LogP contribution >= 0.6 is 0 Å². The molecule has 1 N–H and O–H groups in total. The summed E-state index contributed by atoms with van der Waals surface area (Å²) < 4.78 is 26.5. The van der Waals surface area contributed by atoms with Gasteiger partial charge in [0.25, 0.3) is 11.8 Å². The van der Waals surface area contributed by atoms with Crippen molar-refractivity contribution >= 4 is 21.8 Å². The van der Waals surface area contributed by atoms with Crippen LogP contribution in [0.5, 0.6) is 0 Å². The molecule has 3 aliphatic heterocycles. The normalized spacial score (nSPS) is 21.6. The molecule has 1 aromatic heterocycles. The fourth-order valence-electron chi connectivity index (χ4n) is 7.56. The molecule has 0 spiro atoms. The van der Waals surface area contributed by atoms with Crippen LogP contribution in [0.3, 0.4) is 0 Å². The summed E-state index contributed by atoms with van der Waals surface area (Å²) in [5.74, 6) is 0.931. The molecule has 45 heavy (non-hydrogen) atoms. The first-order valence-corrected chi connectivity index (χ1v) is 17.3. The molecule has 0 saturated carbocycles. The van der Waals surface area contributed by atoms with Gasteiger partial charge in [0.15, 0.2) is 0 Å². The second-order valence-corrected chi connectivity index (χ2v) is 14.7. The number of aromatic nitrogens is 2. The van der Waals surface area contributed by atoms with Crippen molar-refractivity contribution in [3.8, 4) is 0 Å². The van der Waals surface area contributed by atoms with E-state index in [1.165, 1.54) is 31.1 Å². The molecule has 3 saturated heterocycles. The van der Waals surface area contributed by atoms with Gasteiger partial charge in [0, 0.05) is 44.8 Å². The molecule has 2 aromatic carbocycles. The van der Waals surface area contributed by atoms with Gasteiger partial charge in [0.2, 0.25) is 10.0 Å². The highest BCUT2D eigenvalue weighted by Crippen LogP contribution is 2.40. The average Bonchev–Trinajstić information content (AvgIpc) is 3.64. The molecule has 6 rings (SSSR count). The Balaban J connectivity index is 1.07. The van der Waals surface area contributed by atoms with Crippen LogP contribution in [0.15, 0.2) is 65.8 Å². The Morgan fingerprint density at radius 3 is 2.02 bits per heavy atom. The number of aryl methyl sites for hydroxylation is 2. The number of nitrogens with zero attached hydrogens (tertiary/aromatic N) is 5. The minimum absolute atomic E-state index is 0.0230. The number of fused-ring (bicyclic) bond motifs is 1. The highest BCUT2D eigenvalue weighted by molar-refractivity contribution is 7.89. The first kappa shape index (κ1) is 31.3. The van der Waals surface area contributed by atoms with Crippen LogP contribution in [0, 0.1) is 25.7 Å². The molecule has 0 bridgehead atoms. The third kappa shape index (κ3) is 6.25. The van der Waals surface area contributed by atoms with Crippen molar-refractivity contribution in [1.29, 1.82) is 0 Å². The molecule has 3 aromatic rings. The molecular weight excluding hydrogens is 588 g/mol. The highest BCUT2D eigenvalue weighted by Gasteiger charge is 2.44. The lowest BCUT2D eigenvalue weighted by Gasteiger charge is -2.43. The summed E-state index contributed by atoms with van der Waals surface area (Å²) in [5.41, 5.74) is 3.92. The van der Waals surface area contributed by atoms with Crippen LogP contribution in [0.2, 0.25) is 0 Å². The van der Waals surface area contributed by atoms with Crippen molar-refractivity contribution in [2.24, 2.45) is 11.8 Å². The zero-order valence-corrected chi connectivity index (χ0v) is 27.1. The summed E-state index contributed by atoms with van der Waals surface area (Å²) in [6.45, 7) is 9.56. The van der Waals surface area contributed by atoms with E-state index in [9.17, 15) is 18.0 Å². The molecule has 10 nitrogen and oxygen atoms in total. The van der Waals surface area contributed by atoms with Crippen molar-refractivity contribution in [3.05, 3.63) is 89.0 Å². The molecule has 11 heteroatoms. The van der Waals surface area contributed by atoms with Gasteiger partial charge < -0.3 is 14.7 Å². The lowest BCUT2D eigenvalue weighted by atomic mass is 9.70. The predicted octanol–water partition coefficient (Wildman–Crippen LogP) is 3.27. The Bertz CT molecular complexity index is 1620. The molecule has 238 valence electrons. The maximum Gasteiger partial charge on any atom is 0.257 e. The Morgan fingerprint density at radius 2 is 1.44 bits per heavy atom. The van der Waals surface area contributed by atoms with E-state index in [0.29, 0.717) is 36.1 Å². The Labute approximate surface area is 265 Å². The maximum atomic E-state index is 13.4. The quantitative estimate of drug-likeness (QED) is 0.406. The largest absolute Gasteiger partial charge is 0.339 e. The van der Waals surface area contributed by atoms with Gasteiger partial charge in [0.05, 0.1) is 21.8 Å². The average molecular weight is 631 g/mol. The van der Waals surface area contributed by atoms with Gasteiger partial charge in [-0.25, -0.2) is 23.1 Å². The van der Waals surface area contributed by atoms with Gasteiger partial charge in [-0.1, -0.05) is 30.3 Å². The number of amides is 2. The zero-order valence-electron chi connectivity index (χ0n) is 26.3. The van der Waals surface area contributed by atoms with Crippen LogP contribution in [-0.4, -0.2) is 97.8 Å². The fourth-order valence-corrected chi connectivity index (χ4v) is 8.29. The van der Waals surface area contributed by atoms with E-state index >= 15 is 0 Å². The van der Waals surface area contributed by atoms with Crippen molar-refractivity contribution in [1.82, 2.24) is 29.4 Å². The van der Waals surface area contributed by atoms with E-state index in [4.69, 9.17) is 0 Å². The number of rotatable bonds is 8. The van der Waals surface area contributed by atoms with Gasteiger partial charge in [0.1, 0.15) is 6.33 Å². The van der Waals surface area contributed by atoms with E-state index in [0.717, 1.165) is 63.4 Å². The van der Waals surface area contributed by atoms with E-state index in [2.05, 4.69) is 43.9 Å². The minimum Gasteiger partial charge on any atom is -0.339 e. The monoisotopic (exact) mass is 630 g/mol. The van der Waals surface area contributed by atoms with Crippen molar-refractivity contribution in [2.45, 2.75) is 43.4 Å². The Morgan fingerprint density at radius 1 is 0.844 bits per heavy atom. The third-order valence-electron chi connectivity index (χ3n) is 10.3. The number of carbonyl (C=O) groups excluding carboxylic acids is 2. The third-order valence-corrected chi connectivity index (χ3v) is 11.7. The predicted molar refractivity (Wildman–Crippen MR) is 171 cm³/mol. The van der Waals surface area contributed by atoms with Gasteiger partial charge in [-0.2, -0.15) is 0 Å². The van der Waals surface area contributed by atoms with Crippen molar-refractivity contribution in [2.75, 3.05) is 52.9 Å². The summed E-state index contributed by atoms with van der Waals surface area (Å²) >= 11 is 0. The van der Waals surface area contributed by atoms with Gasteiger partial charge in [-0.05, 0) is 93.8 Å². The van der Waals surface area contributed by atoms with Gasteiger partial charge >= 0.3 is 0 Å². The molecule has 2 atom stereocenters. The van der Waals surface area contributed by atoms with E-state index in [-0.39, 0.29) is 22.1 Å². The number of piperidine rings is 1. The standard InChI is InChI=1S/C34H42N6O4S/c1-24-31(25(2)37-23-36-24)33(42)40-21-27-19-38(20-28(27)22-40)16-13-34(29-7-5-4-6-8-29)14-17-39(18-15-34)32(41)26-9-11-30(12-10-26)45(43,44)35-3/h4-12,23,27-28,35H,13-22H2,1-3H3. The zero-order chi connectivity index (χ0) is 31.8. The molecule has 2 amide bonds. The van der Waals surface area contributed by atoms with Crippen LogP contribution < -0.4 is 4.72 Å². The number of benzene rings is 2. The van der Waals surface area contributed by atoms with E-state index in [1.807, 2.05) is 29.7 Å². The highest BCUT2D eigenvalue weighted by atomic mass is 32.2. The van der Waals surface area contributed by atoms with Crippen LogP contribution in [-0.2, 0) is 15.4 Å². The Hall–Kier alpha value is -3.67. The minimum atomic E-state index is -3.55. The molecule has 2 unspecified atom stereocenters. The number of sulfonamides is 1. The summed E-state index contributed by atoms with van der Waals surface area (Å²) in [6.07, 6.45) is 4.27. The topological polar surface area (TPSA) is 116 Å². The van der Waals surface area contributed by atoms with E-state index in [1.54, 1.807) is 12.1 Å². The number of likely N-dealkylation sites (tertiary alicyclic amines) is 3. The summed E-state index contributed by atoms with van der Waals surface area (Å²) in [6, 6.07) is 16.8. The number of hydrogen-bond acceptors (Lipinski definition) is 7. The van der Waals surface area contributed by atoms with E-state index < -0.39 is 10.0 Å². The number of carbonyl (C=O) groups is 2. The van der Waals surface area contributed by atoms with Gasteiger partial charge in [-0.3, -0.25) is 9.59 Å². The lowest BCUT2D eigenvalue weighted by Crippen LogP contribution is -2.46. The fraction of sp³-hybridized carbons (Fsp3) is 0.471. The molecule has 3 aliphatic rings. The number of hydrogen-bond donors (Lipinski definition) is 1. The van der Waals surface area contributed by atoms with Crippen molar-refractivity contribution < 1.29 is 18.0 Å². The van der Waals surface area contributed by atoms with Crippen LogP contribution in [0.1, 0.15) is 56.9 Å². The molecule has 0 radical (unpaired) electrons. The lowest BCUT2D eigenvalue weighted by molar-refractivity contribution is 0.0650. The van der Waals surface area contributed by atoms with Gasteiger partial charge in [-0.15, -0.1) is 0 Å². The second kappa shape index (κ2) is 12.6. The Kier molecular flexibility index (Phi) is 8.78.